The zero-order valence-electron chi connectivity index (χ0n) is 12.0. The van der Waals surface area contributed by atoms with Crippen molar-refractivity contribution in [1.29, 1.82) is 0 Å². The van der Waals surface area contributed by atoms with E-state index >= 15 is 0 Å². The van der Waals surface area contributed by atoms with Crippen molar-refractivity contribution in [3.05, 3.63) is 0 Å². The molecule has 0 spiro atoms. The number of nitrogens with zero attached hydrogens (tertiary/aromatic N) is 1. The summed E-state index contributed by atoms with van der Waals surface area (Å²) in [6.07, 6.45) is 8.78. The van der Waals surface area contributed by atoms with Crippen LogP contribution in [0.1, 0.15) is 65.2 Å². The lowest BCUT2D eigenvalue weighted by molar-refractivity contribution is -0.139. The fourth-order valence-corrected chi connectivity index (χ4v) is 3.68. The largest absolute Gasteiger partial charge is 0.341 e. The van der Waals surface area contributed by atoms with Crippen LogP contribution in [0.15, 0.2) is 0 Å². The lowest BCUT2D eigenvalue weighted by Gasteiger charge is -2.43. The lowest BCUT2D eigenvalue weighted by Crippen LogP contribution is -2.56. The highest BCUT2D eigenvalue weighted by Crippen LogP contribution is 2.39. The number of nitrogens with two attached hydrogens (primary N) is 1. The molecule has 1 aliphatic carbocycles. The minimum atomic E-state index is -0.529. The number of amides is 1. The third-order valence-corrected chi connectivity index (χ3v) is 5.53. The van der Waals surface area contributed by atoms with Crippen LogP contribution >= 0.6 is 0 Å². The second-order valence-electron chi connectivity index (χ2n) is 6.36. The van der Waals surface area contributed by atoms with Crippen molar-refractivity contribution in [3.63, 3.8) is 0 Å². The van der Waals surface area contributed by atoms with Crippen LogP contribution in [0.25, 0.3) is 0 Å². The Hall–Kier alpha value is -0.570. The van der Waals surface area contributed by atoms with Crippen LogP contribution in [0, 0.1) is 5.41 Å². The normalized spacial score (nSPS) is 26.3. The number of carbonyl (C=O) groups excluding carboxylic acids is 1. The quantitative estimate of drug-likeness (QED) is 0.839. The van der Waals surface area contributed by atoms with Gasteiger partial charge in [0.1, 0.15) is 0 Å². The average molecular weight is 252 g/mol. The molecular weight excluding hydrogens is 224 g/mol. The molecule has 104 valence electrons. The van der Waals surface area contributed by atoms with Crippen molar-refractivity contribution in [1.82, 2.24) is 4.90 Å². The maximum Gasteiger partial charge on any atom is 0.242 e. The van der Waals surface area contributed by atoms with Gasteiger partial charge in [-0.05, 0) is 31.1 Å². The van der Waals surface area contributed by atoms with Gasteiger partial charge in [-0.2, -0.15) is 0 Å². The standard InChI is InChI=1S/C15H28N2O/c1-3-14(4-2)9-11-17(12-10-14)13(18)15(16)7-5-6-8-15/h3-12,16H2,1-2H3. The van der Waals surface area contributed by atoms with Crippen LogP contribution in [0.2, 0.25) is 0 Å². The summed E-state index contributed by atoms with van der Waals surface area (Å²) in [6.45, 7) is 6.39. The van der Waals surface area contributed by atoms with Crippen molar-refractivity contribution < 1.29 is 4.79 Å². The van der Waals surface area contributed by atoms with E-state index in [0.29, 0.717) is 5.41 Å². The van der Waals surface area contributed by atoms with Gasteiger partial charge in [0.25, 0.3) is 0 Å². The Morgan fingerprint density at radius 3 is 2.00 bits per heavy atom. The predicted octanol–water partition coefficient (Wildman–Crippen LogP) is 2.69. The van der Waals surface area contributed by atoms with E-state index in [-0.39, 0.29) is 5.91 Å². The van der Waals surface area contributed by atoms with E-state index < -0.39 is 5.54 Å². The predicted molar refractivity (Wildman–Crippen MR) is 74.2 cm³/mol. The molecule has 2 fully saturated rings. The molecule has 0 aromatic rings. The van der Waals surface area contributed by atoms with Gasteiger partial charge >= 0.3 is 0 Å². The molecule has 0 aromatic heterocycles. The SMILES string of the molecule is CCC1(CC)CCN(C(=O)C2(N)CCCC2)CC1. The maximum atomic E-state index is 12.5. The van der Waals surface area contributed by atoms with E-state index in [1.807, 2.05) is 4.90 Å². The highest BCUT2D eigenvalue weighted by Gasteiger charge is 2.42. The van der Waals surface area contributed by atoms with Gasteiger partial charge in [-0.1, -0.05) is 39.5 Å². The summed E-state index contributed by atoms with van der Waals surface area (Å²) in [4.78, 5) is 14.5. The Balaban J connectivity index is 1.95. The molecule has 0 unspecified atom stereocenters. The van der Waals surface area contributed by atoms with Crippen molar-refractivity contribution >= 4 is 5.91 Å². The molecule has 0 radical (unpaired) electrons. The van der Waals surface area contributed by atoms with E-state index in [2.05, 4.69) is 13.8 Å². The highest BCUT2D eigenvalue weighted by molar-refractivity contribution is 5.86. The van der Waals surface area contributed by atoms with Crippen LogP contribution in [0.4, 0.5) is 0 Å². The molecule has 0 aromatic carbocycles. The molecule has 18 heavy (non-hydrogen) atoms. The van der Waals surface area contributed by atoms with Crippen LogP contribution in [0.3, 0.4) is 0 Å². The molecule has 1 saturated carbocycles. The van der Waals surface area contributed by atoms with Crippen molar-refractivity contribution in [2.24, 2.45) is 11.1 Å². The third-order valence-electron chi connectivity index (χ3n) is 5.53. The first-order valence-electron chi connectivity index (χ1n) is 7.63. The average Bonchev–Trinajstić information content (AvgIpc) is 2.86. The molecule has 2 aliphatic rings. The van der Waals surface area contributed by atoms with Gasteiger partial charge in [-0.15, -0.1) is 0 Å². The van der Waals surface area contributed by atoms with Gasteiger partial charge in [0.15, 0.2) is 0 Å². The zero-order chi connectivity index (χ0) is 13.2. The fraction of sp³-hybridized carbons (Fsp3) is 0.933. The third kappa shape index (κ3) is 2.42. The first-order valence-corrected chi connectivity index (χ1v) is 7.63. The monoisotopic (exact) mass is 252 g/mol. The first-order chi connectivity index (χ1) is 8.55. The second-order valence-corrected chi connectivity index (χ2v) is 6.36. The maximum absolute atomic E-state index is 12.5. The summed E-state index contributed by atoms with van der Waals surface area (Å²) in [5.74, 6) is 0.223. The Morgan fingerprint density at radius 2 is 1.56 bits per heavy atom. The first kappa shape index (κ1) is 13.9. The van der Waals surface area contributed by atoms with E-state index in [4.69, 9.17) is 5.73 Å². The molecule has 0 bridgehead atoms. The second kappa shape index (κ2) is 5.20. The molecule has 2 N–H and O–H groups in total. The van der Waals surface area contributed by atoms with Gasteiger partial charge in [-0.3, -0.25) is 4.79 Å². The number of hydrogen-bond acceptors (Lipinski definition) is 2. The summed E-state index contributed by atoms with van der Waals surface area (Å²) >= 11 is 0. The number of rotatable bonds is 3. The lowest BCUT2D eigenvalue weighted by atomic mass is 9.74. The van der Waals surface area contributed by atoms with Gasteiger partial charge in [0.2, 0.25) is 5.91 Å². The number of carbonyl (C=O) groups is 1. The van der Waals surface area contributed by atoms with Crippen LogP contribution in [0.5, 0.6) is 0 Å². The van der Waals surface area contributed by atoms with E-state index in [1.54, 1.807) is 0 Å². The van der Waals surface area contributed by atoms with Gasteiger partial charge < -0.3 is 10.6 Å². The van der Waals surface area contributed by atoms with Gasteiger partial charge in [-0.25, -0.2) is 0 Å². The van der Waals surface area contributed by atoms with Crippen LogP contribution in [-0.4, -0.2) is 29.4 Å². The summed E-state index contributed by atoms with van der Waals surface area (Å²) < 4.78 is 0. The summed E-state index contributed by atoms with van der Waals surface area (Å²) in [6, 6.07) is 0. The number of likely N-dealkylation sites (tertiary alicyclic amines) is 1. The molecule has 0 atom stereocenters. The molecular formula is C15H28N2O. The molecule has 3 nitrogen and oxygen atoms in total. The van der Waals surface area contributed by atoms with Crippen molar-refractivity contribution in [2.45, 2.75) is 70.8 Å². The fourth-order valence-electron chi connectivity index (χ4n) is 3.68. The molecule has 3 heteroatoms. The Bertz CT molecular complexity index is 294. The number of piperidine rings is 1. The molecule has 1 aliphatic heterocycles. The Labute approximate surface area is 111 Å². The van der Waals surface area contributed by atoms with Crippen molar-refractivity contribution in [3.8, 4) is 0 Å². The van der Waals surface area contributed by atoms with Crippen LogP contribution in [-0.2, 0) is 4.79 Å². The highest BCUT2D eigenvalue weighted by atomic mass is 16.2. The minimum absolute atomic E-state index is 0.223. The summed E-state index contributed by atoms with van der Waals surface area (Å²) in [5.41, 5.74) is 6.23. The zero-order valence-corrected chi connectivity index (χ0v) is 12.0. The van der Waals surface area contributed by atoms with Crippen molar-refractivity contribution in [2.75, 3.05) is 13.1 Å². The number of hydrogen-bond donors (Lipinski definition) is 1. The van der Waals surface area contributed by atoms with Gasteiger partial charge in [0, 0.05) is 13.1 Å². The van der Waals surface area contributed by atoms with E-state index in [1.165, 1.54) is 12.8 Å². The molecule has 1 heterocycles. The van der Waals surface area contributed by atoms with Crippen LogP contribution < -0.4 is 5.73 Å². The molecule has 1 amide bonds. The summed E-state index contributed by atoms with van der Waals surface area (Å²) in [5, 5.41) is 0. The van der Waals surface area contributed by atoms with Gasteiger partial charge in [0.05, 0.1) is 5.54 Å². The van der Waals surface area contributed by atoms with E-state index in [9.17, 15) is 4.79 Å². The van der Waals surface area contributed by atoms with E-state index in [0.717, 1.165) is 51.6 Å². The summed E-state index contributed by atoms with van der Waals surface area (Å²) in [7, 11) is 0. The Kier molecular flexibility index (Phi) is 4.00. The Morgan fingerprint density at radius 1 is 1.06 bits per heavy atom. The molecule has 2 rings (SSSR count). The minimum Gasteiger partial charge on any atom is -0.341 e. The smallest absolute Gasteiger partial charge is 0.242 e. The topological polar surface area (TPSA) is 46.3 Å². The molecule has 1 saturated heterocycles.